The second kappa shape index (κ2) is 4.73. The van der Waals surface area contributed by atoms with Crippen LogP contribution in [0.5, 0.6) is 0 Å². The van der Waals surface area contributed by atoms with Gasteiger partial charge in [0.05, 0.1) is 23.1 Å². The van der Waals surface area contributed by atoms with E-state index in [0.717, 1.165) is 5.69 Å². The van der Waals surface area contributed by atoms with E-state index in [-0.39, 0.29) is 17.4 Å². The number of sulfone groups is 1. The van der Waals surface area contributed by atoms with Crippen LogP contribution in [0.15, 0.2) is 0 Å². The zero-order valence-electron chi connectivity index (χ0n) is 10.7. The van der Waals surface area contributed by atoms with Gasteiger partial charge in [0.1, 0.15) is 5.82 Å². The minimum absolute atomic E-state index is 0.0809. The Bertz CT molecular complexity index is 667. The van der Waals surface area contributed by atoms with E-state index >= 15 is 0 Å². The number of hydrogen-bond donors (Lipinski definition) is 1. The van der Waals surface area contributed by atoms with E-state index in [0.29, 0.717) is 36.8 Å². The molecule has 2 aliphatic heterocycles. The van der Waals surface area contributed by atoms with E-state index in [2.05, 4.69) is 4.98 Å². The van der Waals surface area contributed by atoms with Crippen LogP contribution in [0.2, 0.25) is 5.15 Å². The molecule has 1 aromatic heterocycles. The normalized spacial score (nSPS) is 28.2. The molecule has 0 spiro atoms. The average Bonchev–Trinajstić information content (AvgIpc) is 2.90. The molecular weight excluding hydrogens is 304 g/mol. The molecule has 0 aromatic carbocycles. The average molecular weight is 319 g/mol. The minimum atomic E-state index is -3.00. The zero-order valence-corrected chi connectivity index (χ0v) is 12.3. The Hall–Kier alpha value is -1.08. The molecule has 0 bridgehead atoms. The Morgan fingerprint density at radius 3 is 2.75 bits per heavy atom. The molecule has 1 saturated heterocycles. The molecule has 6 nitrogen and oxygen atoms in total. The van der Waals surface area contributed by atoms with Crippen LogP contribution in [0.3, 0.4) is 0 Å². The number of carbonyl (C=O) groups is 1. The van der Waals surface area contributed by atoms with Gasteiger partial charge in [-0.05, 0) is 19.3 Å². The van der Waals surface area contributed by atoms with Crippen molar-refractivity contribution >= 4 is 27.4 Å². The molecule has 2 unspecified atom stereocenters. The van der Waals surface area contributed by atoms with Crippen LogP contribution in [0.1, 0.15) is 30.3 Å². The Labute approximate surface area is 121 Å². The van der Waals surface area contributed by atoms with E-state index in [4.69, 9.17) is 16.7 Å². The monoisotopic (exact) mass is 318 g/mol. The lowest BCUT2D eigenvalue weighted by atomic mass is 9.97. The quantitative estimate of drug-likeness (QED) is 0.881. The van der Waals surface area contributed by atoms with E-state index in [1.807, 2.05) is 4.57 Å². The summed E-state index contributed by atoms with van der Waals surface area (Å²) in [6.45, 7) is 0.330. The standard InChI is InChI=1S/C12H15ClN2O4S/c13-10-9-2-1-7(12(16)17)5-15(9)11(14-10)8-3-4-20(18,19)6-8/h7-8H,1-6H2,(H,16,17). The van der Waals surface area contributed by atoms with Crippen LogP contribution >= 0.6 is 11.6 Å². The van der Waals surface area contributed by atoms with Gasteiger partial charge in [-0.3, -0.25) is 4.79 Å². The third-order valence-electron chi connectivity index (χ3n) is 4.13. The van der Waals surface area contributed by atoms with Gasteiger partial charge in [0.25, 0.3) is 0 Å². The molecule has 1 aromatic rings. The second-order valence-corrected chi connectivity index (χ2v) is 8.08. The molecule has 0 amide bonds. The van der Waals surface area contributed by atoms with E-state index < -0.39 is 21.7 Å². The molecule has 2 aliphatic rings. The Kier molecular flexibility index (Phi) is 3.29. The third-order valence-corrected chi connectivity index (χ3v) is 6.20. The van der Waals surface area contributed by atoms with Crippen molar-refractivity contribution < 1.29 is 18.3 Å². The Balaban J connectivity index is 1.96. The molecule has 0 aliphatic carbocycles. The van der Waals surface area contributed by atoms with Crippen LogP contribution in [0, 0.1) is 5.92 Å². The highest BCUT2D eigenvalue weighted by Gasteiger charge is 2.36. The number of rotatable bonds is 2. The van der Waals surface area contributed by atoms with Gasteiger partial charge in [0.2, 0.25) is 0 Å². The van der Waals surface area contributed by atoms with Crippen LogP contribution < -0.4 is 0 Å². The molecule has 2 atom stereocenters. The summed E-state index contributed by atoms with van der Waals surface area (Å²) in [4.78, 5) is 15.4. The SMILES string of the molecule is O=C(O)C1CCc2c(Cl)nc(C3CCS(=O)(=O)C3)n2C1. The number of hydrogen-bond acceptors (Lipinski definition) is 4. The van der Waals surface area contributed by atoms with Crippen molar-refractivity contribution in [3.63, 3.8) is 0 Å². The Morgan fingerprint density at radius 1 is 1.40 bits per heavy atom. The summed E-state index contributed by atoms with van der Waals surface area (Å²) in [5.41, 5.74) is 0.837. The van der Waals surface area contributed by atoms with E-state index in [1.54, 1.807) is 0 Å². The minimum Gasteiger partial charge on any atom is -0.481 e. The molecule has 1 fully saturated rings. The fourth-order valence-electron chi connectivity index (χ4n) is 3.05. The number of fused-ring (bicyclic) bond motifs is 1. The van der Waals surface area contributed by atoms with Crippen molar-refractivity contribution in [3.05, 3.63) is 16.7 Å². The number of aliphatic carboxylic acids is 1. The predicted octanol–water partition coefficient (Wildman–Crippen LogP) is 1.09. The van der Waals surface area contributed by atoms with Gasteiger partial charge in [-0.15, -0.1) is 0 Å². The highest BCUT2D eigenvalue weighted by molar-refractivity contribution is 7.91. The molecule has 110 valence electrons. The van der Waals surface area contributed by atoms with Crippen molar-refractivity contribution in [1.29, 1.82) is 0 Å². The van der Waals surface area contributed by atoms with Crippen LogP contribution in [0.25, 0.3) is 0 Å². The van der Waals surface area contributed by atoms with Gasteiger partial charge >= 0.3 is 5.97 Å². The van der Waals surface area contributed by atoms with Crippen LogP contribution in [-0.4, -0.2) is 40.6 Å². The number of carboxylic acids is 1. The topological polar surface area (TPSA) is 89.3 Å². The van der Waals surface area contributed by atoms with Gasteiger partial charge in [-0.2, -0.15) is 0 Å². The maximum absolute atomic E-state index is 11.6. The highest BCUT2D eigenvalue weighted by Crippen LogP contribution is 2.34. The molecule has 8 heteroatoms. The number of halogens is 1. The number of nitrogens with zero attached hydrogens (tertiary/aromatic N) is 2. The van der Waals surface area contributed by atoms with Crippen molar-refractivity contribution in [2.75, 3.05) is 11.5 Å². The summed E-state index contributed by atoms with van der Waals surface area (Å²) >= 11 is 6.11. The molecule has 3 heterocycles. The van der Waals surface area contributed by atoms with Gasteiger partial charge in [-0.25, -0.2) is 13.4 Å². The largest absolute Gasteiger partial charge is 0.481 e. The van der Waals surface area contributed by atoms with Crippen molar-refractivity contribution in [2.45, 2.75) is 31.7 Å². The Morgan fingerprint density at radius 2 is 2.15 bits per heavy atom. The lowest BCUT2D eigenvalue weighted by Crippen LogP contribution is -2.28. The second-order valence-electron chi connectivity index (χ2n) is 5.49. The van der Waals surface area contributed by atoms with Gasteiger partial charge in [0, 0.05) is 12.5 Å². The lowest BCUT2D eigenvalue weighted by Gasteiger charge is -2.23. The van der Waals surface area contributed by atoms with Crippen molar-refractivity contribution in [3.8, 4) is 0 Å². The summed E-state index contributed by atoms with van der Waals surface area (Å²) < 4.78 is 25.0. The first-order valence-corrected chi connectivity index (χ1v) is 8.75. The molecular formula is C12H15ClN2O4S. The number of imidazole rings is 1. The van der Waals surface area contributed by atoms with Gasteiger partial charge < -0.3 is 9.67 Å². The fourth-order valence-corrected chi connectivity index (χ4v) is 5.07. The molecule has 1 N–H and O–H groups in total. The van der Waals surface area contributed by atoms with Gasteiger partial charge in [0.15, 0.2) is 15.0 Å². The predicted molar refractivity (Wildman–Crippen MR) is 72.7 cm³/mol. The first-order valence-electron chi connectivity index (χ1n) is 6.55. The summed E-state index contributed by atoms with van der Waals surface area (Å²) in [5, 5.41) is 9.53. The number of carboxylic acid groups (broad SMARTS) is 1. The fraction of sp³-hybridized carbons (Fsp3) is 0.667. The van der Waals surface area contributed by atoms with Crippen molar-refractivity contribution in [1.82, 2.24) is 9.55 Å². The molecule has 3 rings (SSSR count). The summed E-state index contributed by atoms with van der Waals surface area (Å²) in [7, 11) is -3.00. The van der Waals surface area contributed by atoms with Crippen LogP contribution in [-0.2, 0) is 27.6 Å². The lowest BCUT2D eigenvalue weighted by molar-refractivity contribution is -0.142. The molecule has 0 saturated carbocycles. The summed E-state index contributed by atoms with van der Waals surface area (Å²) in [5.74, 6) is -0.567. The van der Waals surface area contributed by atoms with Crippen LogP contribution in [0.4, 0.5) is 0 Å². The first kappa shape index (κ1) is 13.9. The summed E-state index contributed by atoms with van der Waals surface area (Å²) in [6.07, 6.45) is 1.65. The van der Waals surface area contributed by atoms with Crippen molar-refractivity contribution in [2.24, 2.45) is 5.92 Å². The summed E-state index contributed by atoms with van der Waals surface area (Å²) in [6, 6.07) is 0. The zero-order chi connectivity index (χ0) is 14.5. The smallest absolute Gasteiger partial charge is 0.308 e. The maximum atomic E-state index is 11.6. The third kappa shape index (κ3) is 2.33. The molecule has 0 radical (unpaired) electrons. The van der Waals surface area contributed by atoms with E-state index in [1.165, 1.54) is 0 Å². The van der Waals surface area contributed by atoms with E-state index in [9.17, 15) is 13.2 Å². The van der Waals surface area contributed by atoms with Gasteiger partial charge in [-0.1, -0.05) is 11.6 Å². The highest BCUT2D eigenvalue weighted by atomic mass is 35.5. The first-order chi connectivity index (χ1) is 9.37. The maximum Gasteiger partial charge on any atom is 0.308 e. The number of aromatic nitrogens is 2. The molecule has 20 heavy (non-hydrogen) atoms.